The molecule has 0 fully saturated rings. The molecule has 0 saturated heterocycles. The predicted octanol–water partition coefficient (Wildman–Crippen LogP) is 1.84. The Labute approximate surface area is 123 Å². The van der Waals surface area contributed by atoms with Crippen LogP contribution < -0.4 is 15.8 Å². The Morgan fingerprint density at radius 1 is 1.48 bits per heavy atom. The van der Waals surface area contributed by atoms with Crippen molar-refractivity contribution >= 4 is 11.6 Å². The molecule has 3 N–H and O–H groups in total. The van der Waals surface area contributed by atoms with Crippen molar-refractivity contribution < 1.29 is 9.53 Å². The number of hydrogen-bond acceptors (Lipinski definition) is 4. The fourth-order valence-electron chi connectivity index (χ4n) is 2.03. The van der Waals surface area contributed by atoms with Gasteiger partial charge in [0.25, 0.3) is 5.91 Å². The summed E-state index contributed by atoms with van der Waals surface area (Å²) in [6.07, 6.45) is 1.56. The normalized spacial score (nSPS) is 10.5. The van der Waals surface area contributed by atoms with Gasteiger partial charge in [0.15, 0.2) is 0 Å². The Morgan fingerprint density at radius 3 is 2.81 bits per heavy atom. The summed E-state index contributed by atoms with van der Waals surface area (Å²) in [5, 5.41) is 6.92. The van der Waals surface area contributed by atoms with Gasteiger partial charge in [0, 0.05) is 30.5 Å². The summed E-state index contributed by atoms with van der Waals surface area (Å²) >= 11 is 0. The zero-order valence-electron chi connectivity index (χ0n) is 12.5. The monoisotopic (exact) mass is 288 g/mol. The van der Waals surface area contributed by atoms with E-state index in [9.17, 15) is 4.79 Å². The molecule has 2 aromatic rings. The average molecular weight is 288 g/mol. The molecule has 0 radical (unpaired) electrons. The summed E-state index contributed by atoms with van der Waals surface area (Å²) in [7, 11) is 1.80. The number of nitrogens with one attached hydrogen (secondary N) is 1. The Bertz CT molecular complexity index is 649. The van der Waals surface area contributed by atoms with Crippen molar-refractivity contribution in [2.75, 3.05) is 11.9 Å². The van der Waals surface area contributed by atoms with Crippen LogP contribution >= 0.6 is 0 Å². The summed E-state index contributed by atoms with van der Waals surface area (Å²) in [5.41, 5.74) is 8.63. The summed E-state index contributed by atoms with van der Waals surface area (Å²) in [6.45, 7) is 4.70. The predicted molar refractivity (Wildman–Crippen MR) is 81.4 cm³/mol. The molecular formula is C15H20N4O2. The van der Waals surface area contributed by atoms with Crippen LogP contribution in [0.1, 0.15) is 28.5 Å². The minimum Gasteiger partial charge on any atom is -0.494 e. The van der Waals surface area contributed by atoms with E-state index in [2.05, 4.69) is 10.4 Å². The zero-order valence-corrected chi connectivity index (χ0v) is 12.5. The molecule has 1 aromatic carbocycles. The largest absolute Gasteiger partial charge is 0.494 e. The number of nitrogens with two attached hydrogens (primary N) is 1. The second kappa shape index (κ2) is 6.41. The second-order valence-electron chi connectivity index (χ2n) is 4.68. The second-order valence-corrected chi connectivity index (χ2v) is 4.68. The molecule has 1 aromatic heterocycles. The van der Waals surface area contributed by atoms with Gasteiger partial charge in [-0.3, -0.25) is 9.48 Å². The lowest BCUT2D eigenvalue weighted by molar-refractivity contribution is 0.102. The van der Waals surface area contributed by atoms with Gasteiger partial charge in [0.05, 0.1) is 18.4 Å². The molecule has 0 aliphatic heterocycles. The topological polar surface area (TPSA) is 82.2 Å². The molecule has 6 heteroatoms. The molecule has 112 valence electrons. The van der Waals surface area contributed by atoms with Gasteiger partial charge in [-0.1, -0.05) is 0 Å². The van der Waals surface area contributed by atoms with Crippen molar-refractivity contribution in [3.63, 3.8) is 0 Å². The Balaban J connectivity index is 2.19. The van der Waals surface area contributed by atoms with Gasteiger partial charge >= 0.3 is 0 Å². The molecule has 2 rings (SSSR count). The minimum atomic E-state index is -0.187. The summed E-state index contributed by atoms with van der Waals surface area (Å²) in [6, 6.07) is 5.44. The number of carbonyl (C=O) groups excluding carboxylic acids is 1. The van der Waals surface area contributed by atoms with Gasteiger partial charge < -0.3 is 15.8 Å². The van der Waals surface area contributed by atoms with E-state index in [0.717, 1.165) is 17.0 Å². The highest BCUT2D eigenvalue weighted by Gasteiger charge is 2.13. The first-order chi connectivity index (χ1) is 10.1. The third-order valence-electron chi connectivity index (χ3n) is 3.32. The Hall–Kier alpha value is -2.34. The van der Waals surface area contributed by atoms with Gasteiger partial charge in [-0.15, -0.1) is 0 Å². The summed E-state index contributed by atoms with van der Waals surface area (Å²) in [5.74, 6) is 0.559. The highest BCUT2D eigenvalue weighted by Crippen LogP contribution is 2.23. The fourth-order valence-corrected chi connectivity index (χ4v) is 2.03. The standard InChI is InChI=1S/C15H20N4O2/c1-4-21-14-6-5-12(7-11(14)8-16)18-15(20)13-9-17-19(3)10(13)2/h5-7,9H,4,8,16H2,1-3H3,(H,18,20). The van der Waals surface area contributed by atoms with E-state index in [1.165, 1.54) is 0 Å². The van der Waals surface area contributed by atoms with Crippen LogP contribution in [0.2, 0.25) is 0 Å². The van der Waals surface area contributed by atoms with Crippen LogP contribution in [0.3, 0.4) is 0 Å². The zero-order chi connectivity index (χ0) is 15.4. The molecule has 1 heterocycles. The number of benzene rings is 1. The average Bonchev–Trinajstić information content (AvgIpc) is 2.81. The minimum absolute atomic E-state index is 0.187. The van der Waals surface area contributed by atoms with Gasteiger partial charge in [0.1, 0.15) is 5.75 Å². The number of aromatic nitrogens is 2. The van der Waals surface area contributed by atoms with Crippen LogP contribution in [-0.4, -0.2) is 22.3 Å². The lowest BCUT2D eigenvalue weighted by Gasteiger charge is -2.11. The lowest BCUT2D eigenvalue weighted by Crippen LogP contribution is -2.13. The van der Waals surface area contributed by atoms with Crippen LogP contribution in [0.15, 0.2) is 24.4 Å². The van der Waals surface area contributed by atoms with Crippen molar-refractivity contribution in [1.29, 1.82) is 0 Å². The SMILES string of the molecule is CCOc1ccc(NC(=O)c2cnn(C)c2C)cc1CN. The smallest absolute Gasteiger partial charge is 0.259 e. The molecule has 21 heavy (non-hydrogen) atoms. The summed E-state index contributed by atoms with van der Waals surface area (Å²) in [4.78, 5) is 12.2. The number of nitrogens with zero attached hydrogens (tertiary/aromatic N) is 2. The molecular weight excluding hydrogens is 268 g/mol. The first kappa shape index (κ1) is 15.1. The first-order valence-corrected chi connectivity index (χ1v) is 6.82. The number of hydrogen-bond donors (Lipinski definition) is 2. The van der Waals surface area contributed by atoms with E-state index in [1.807, 2.05) is 26.0 Å². The molecule has 0 saturated carbocycles. The highest BCUT2D eigenvalue weighted by molar-refractivity contribution is 6.04. The Kier molecular flexibility index (Phi) is 4.59. The van der Waals surface area contributed by atoms with Gasteiger partial charge in [-0.25, -0.2) is 0 Å². The number of aryl methyl sites for hydroxylation is 1. The molecule has 1 amide bonds. The van der Waals surface area contributed by atoms with Gasteiger partial charge in [-0.2, -0.15) is 5.10 Å². The highest BCUT2D eigenvalue weighted by atomic mass is 16.5. The molecule has 0 atom stereocenters. The summed E-state index contributed by atoms with van der Waals surface area (Å²) < 4.78 is 7.15. The van der Waals surface area contributed by atoms with E-state index in [4.69, 9.17) is 10.5 Å². The van der Waals surface area contributed by atoms with Crippen LogP contribution in [0.25, 0.3) is 0 Å². The quantitative estimate of drug-likeness (QED) is 0.879. The third-order valence-corrected chi connectivity index (χ3v) is 3.32. The number of anilines is 1. The fraction of sp³-hybridized carbons (Fsp3) is 0.333. The molecule has 0 aliphatic rings. The van der Waals surface area contributed by atoms with Crippen LogP contribution in [0.4, 0.5) is 5.69 Å². The number of ether oxygens (including phenoxy) is 1. The van der Waals surface area contributed by atoms with Crippen LogP contribution in [0, 0.1) is 6.92 Å². The van der Waals surface area contributed by atoms with Crippen LogP contribution in [-0.2, 0) is 13.6 Å². The maximum Gasteiger partial charge on any atom is 0.259 e. The maximum atomic E-state index is 12.2. The van der Waals surface area contributed by atoms with Crippen molar-refractivity contribution in [3.05, 3.63) is 41.2 Å². The van der Waals surface area contributed by atoms with E-state index in [-0.39, 0.29) is 5.91 Å². The van der Waals surface area contributed by atoms with E-state index >= 15 is 0 Å². The molecule has 0 spiro atoms. The molecule has 0 unspecified atom stereocenters. The lowest BCUT2D eigenvalue weighted by atomic mass is 10.1. The van der Waals surface area contributed by atoms with Crippen molar-refractivity contribution in [1.82, 2.24) is 9.78 Å². The molecule has 6 nitrogen and oxygen atoms in total. The number of amides is 1. The first-order valence-electron chi connectivity index (χ1n) is 6.82. The molecule has 0 bridgehead atoms. The van der Waals surface area contributed by atoms with Crippen molar-refractivity contribution in [3.8, 4) is 5.75 Å². The number of carbonyl (C=O) groups is 1. The van der Waals surface area contributed by atoms with Gasteiger partial charge in [0.2, 0.25) is 0 Å². The van der Waals surface area contributed by atoms with Crippen molar-refractivity contribution in [2.24, 2.45) is 12.8 Å². The van der Waals surface area contributed by atoms with Crippen molar-refractivity contribution in [2.45, 2.75) is 20.4 Å². The van der Waals surface area contributed by atoms with Crippen LogP contribution in [0.5, 0.6) is 5.75 Å². The Morgan fingerprint density at radius 2 is 2.24 bits per heavy atom. The number of rotatable bonds is 5. The molecule has 0 aliphatic carbocycles. The van der Waals surface area contributed by atoms with E-state index in [0.29, 0.717) is 24.4 Å². The van der Waals surface area contributed by atoms with Gasteiger partial charge in [-0.05, 0) is 32.0 Å². The maximum absolute atomic E-state index is 12.2. The van der Waals surface area contributed by atoms with E-state index in [1.54, 1.807) is 24.0 Å². The third kappa shape index (κ3) is 3.22. The van der Waals surface area contributed by atoms with E-state index < -0.39 is 0 Å².